The molecule has 0 bridgehead atoms. The molecule has 0 saturated carbocycles. The van der Waals surface area contributed by atoms with Gasteiger partial charge < -0.3 is 21.1 Å². The molecule has 2 fully saturated rings. The number of hydrogen-bond acceptors (Lipinski definition) is 10. The minimum Gasteiger partial charge on any atom is -0.391 e. The van der Waals surface area contributed by atoms with Crippen molar-refractivity contribution in [1.82, 2.24) is 24.5 Å². The first-order chi connectivity index (χ1) is 18.6. The van der Waals surface area contributed by atoms with Crippen LogP contribution in [0.3, 0.4) is 0 Å². The number of alkyl halides is 6. The number of carbonyl (C=O) groups is 1. The number of nitrogen functional groups attached to an aromatic ring is 1. The fourth-order valence-electron chi connectivity index (χ4n) is 3.42. The van der Waals surface area contributed by atoms with Crippen molar-refractivity contribution in [3.05, 3.63) is 30.1 Å². The summed E-state index contributed by atoms with van der Waals surface area (Å²) >= 11 is 2.95. The van der Waals surface area contributed by atoms with Gasteiger partial charge in [0.25, 0.3) is 5.60 Å². The van der Waals surface area contributed by atoms with E-state index >= 15 is 0 Å². The molecule has 0 aliphatic carbocycles. The summed E-state index contributed by atoms with van der Waals surface area (Å²) in [6, 6.07) is 3.68. The lowest BCUT2D eigenvalue weighted by atomic mass is 9.95. The van der Waals surface area contributed by atoms with Gasteiger partial charge in [0.15, 0.2) is 0 Å². The number of nitrogens with two attached hydrogens (primary N) is 1. The van der Waals surface area contributed by atoms with Gasteiger partial charge >= 0.3 is 12.4 Å². The Balaban J connectivity index is 0.000000427. The Morgan fingerprint density at radius 2 is 1.57 bits per heavy atom. The summed E-state index contributed by atoms with van der Waals surface area (Å²) in [6.45, 7) is 8.58. The molecule has 2 aliphatic rings. The summed E-state index contributed by atoms with van der Waals surface area (Å²) in [4.78, 5) is 21.4. The van der Waals surface area contributed by atoms with Gasteiger partial charge in [-0.2, -0.15) is 26.3 Å². The lowest BCUT2D eigenvalue weighted by molar-refractivity contribution is -0.376. The van der Waals surface area contributed by atoms with E-state index in [1.165, 1.54) is 29.7 Å². The van der Waals surface area contributed by atoms with Crippen LogP contribution in [0, 0.1) is 0 Å². The summed E-state index contributed by atoms with van der Waals surface area (Å²) in [6.07, 6.45) is -9.97. The van der Waals surface area contributed by atoms with Crippen molar-refractivity contribution in [2.24, 2.45) is 0 Å². The number of nitrogens with one attached hydrogen (secondary N) is 1. The molecule has 4 N–H and O–H groups in total. The molecule has 17 heteroatoms. The van der Waals surface area contributed by atoms with Crippen molar-refractivity contribution in [2.75, 3.05) is 63.5 Å². The molecule has 9 nitrogen and oxygen atoms in total. The average Bonchev–Trinajstić information content (AvgIpc) is 3.28. The third kappa shape index (κ3) is 9.09. The Morgan fingerprint density at radius 3 is 1.98 bits per heavy atom. The molecule has 40 heavy (non-hydrogen) atoms. The predicted octanol–water partition coefficient (Wildman–Crippen LogP) is 3.73. The van der Waals surface area contributed by atoms with E-state index in [1.807, 2.05) is 18.0 Å². The van der Waals surface area contributed by atoms with Crippen molar-refractivity contribution in [3.8, 4) is 0 Å². The molecule has 2 aromatic rings. The van der Waals surface area contributed by atoms with Gasteiger partial charge in [0.2, 0.25) is 11.9 Å². The lowest BCUT2D eigenvalue weighted by Gasteiger charge is -2.34. The average molecular weight is 618 g/mol. The smallest absolute Gasteiger partial charge is 0.391 e. The van der Waals surface area contributed by atoms with E-state index in [1.54, 1.807) is 11.0 Å². The first-order valence-corrected chi connectivity index (χ1v) is 13.9. The zero-order chi connectivity index (χ0) is 30.1. The Hall–Kier alpha value is -2.34. The maximum absolute atomic E-state index is 12.9. The van der Waals surface area contributed by atoms with E-state index in [9.17, 15) is 36.2 Å². The number of anilines is 2. The number of halogens is 6. The van der Waals surface area contributed by atoms with Crippen LogP contribution >= 0.6 is 23.3 Å². The van der Waals surface area contributed by atoms with Gasteiger partial charge in [0.05, 0.1) is 15.8 Å². The second-order valence-electron chi connectivity index (χ2n) is 8.94. The molecule has 226 valence electrons. The number of hydrogen-bond donors (Lipinski definition) is 3. The molecule has 0 unspecified atom stereocenters. The van der Waals surface area contributed by atoms with Gasteiger partial charge in [-0.3, -0.25) is 9.69 Å². The van der Waals surface area contributed by atoms with Crippen LogP contribution in [0.1, 0.15) is 25.8 Å². The summed E-state index contributed by atoms with van der Waals surface area (Å²) < 4.78 is 80.6. The first kappa shape index (κ1) is 33.9. The Labute approximate surface area is 236 Å². The molecule has 0 spiro atoms. The highest BCUT2D eigenvalue weighted by Crippen LogP contribution is 2.49. The minimum atomic E-state index is -5.97. The summed E-state index contributed by atoms with van der Waals surface area (Å²) in [5.74, 6) is 0.129. The third-order valence-electron chi connectivity index (χ3n) is 5.45. The van der Waals surface area contributed by atoms with Crippen molar-refractivity contribution < 1.29 is 36.2 Å². The van der Waals surface area contributed by atoms with Crippen molar-refractivity contribution in [1.29, 1.82) is 0 Å². The Morgan fingerprint density at radius 1 is 1.02 bits per heavy atom. The van der Waals surface area contributed by atoms with Crippen LogP contribution in [0.5, 0.6) is 0 Å². The maximum Gasteiger partial charge on any atom is 0.430 e. The molecule has 0 atom stereocenters. The molecule has 2 saturated heterocycles. The Kier molecular flexibility index (Phi) is 12.3. The van der Waals surface area contributed by atoms with Crippen molar-refractivity contribution in [2.45, 2.75) is 42.4 Å². The number of thiophene rings is 1. The minimum absolute atomic E-state index is 0.00883. The SMILES string of the molecule is CCC.CN1CCNC(=O)C1.Nc1ccc(SN2CCN(c3ncc(C(O)(C(F)(F)F)C(F)(F)F)cn3)CC2)s1. The van der Waals surface area contributed by atoms with Crippen LogP contribution in [0.4, 0.5) is 37.3 Å². The van der Waals surface area contributed by atoms with E-state index in [2.05, 4.69) is 33.4 Å². The Bertz CT molecular complexity index is 1050. The summed E-state index contributed by atoms with van der Waals surface area (Å²) in [5, 5.41) is 12.8. The highest BCUT2D eigenvalue weighted by Gasteiger charge is 2.71. The largest absolute Gasteiger partial charge is 0.430 e. The predicted molar refractivity (Wildman–Crippen MR) is 143 cm³/mol. The molecule has 0 radical (unpaired) electrons. The van der Waals surface area contributed by atoms with Gasteiger partial charge in [-0.25, -0.2) is 14.3 Å². The van der Waals surface area contributed by atoms with Crippen LogP contribution in [-0.4, -0.2) is 95.4 Å². The quantitative estimate of drug-likeness (QED) is 0.349. The van der Waals surface area contributed by atoms with Crippen LogP contribution in [0.2, 0.25) is 0 Å². The van der Waals surface area contributed by atoms with E-state index in [0.29, 0.717) is 50.1 Å². The topological polar surface area (TPSA) is 111 Å². The van der Waals surface area contributed by atoms with Gasteiger partial charge in [-0.15, -0.1) is 11.3 Å². The van der Waals surface area contributed by atoms with E-state index in [-0.39, 0.29) is 11.9 Å². The summed E-state index contributed by atoms with van der Waals surface area (Å²) in [7, 11) is 1.94. The fourth-order valence-corrected chi connectivity index (χ4v) is 5.40. The molecule has 0 aromatic carbocycles. The van der Waals surface area contributed by atoms with Crippen LogP contribution in [0.15, 0.2) is 28.7 Å². The van der Waals surface area contributed by atoms with Crippen LogP contribution in [0.25, 0.3) is 0 Å². The standard InChI is InChI=1S/C15H15F6N5OS2.C5H10N2O.C3H8/c16-14(17,18)13(27,15(19,20)21)9-7-23-12(24-8-9)25-3-5-26(6-4-25)29-11-2-1-10(22)28-11;1-7-3-2-6-5(8)4-7;1-3-2/h1-2,7-8,27H,3-6,22H2;2-4H2,1H3,(H,6,8);3H2,1-2H3. The number of rotatable bonds is 4. The number of carbonyl (C=O) groups excluding carboxylic acids is 1. The highest BCUT2D eigenvalue weighted by molar-refractivity contribution is 7.99. The third-order valence-corrected chi connectivity index (χ3v) is 7.57. The van der Waals surface area contributed by atoms with Crippen molar-refractivity contribution >= 4 is 40.1 Å². The molecular weight excluding hydrogens is 584 g/mol. The normalized spacial score (nSPS) is 17.4. The molecule has 1 amide bonds. The highest BCUT2D eigenvalue weighted by atomic mass is 32.2. The van der Waals surface area contributed by atoms with Crippen LogP contribution in [-0.2, 0) is 10.4 Å². The van der Waals surface area contributed by atoms with E-state index < -0.39 is 23.5 Å². The van der Waals surface area contributed by atoms with Gasteiger partial charge in [0, 0.05) is 57.2 Å². The number of piperazine rings is 2. The van der Waals surface area contributed by atoms with Gasteiger partial charge in [-0.05, 0) is 31.1 Å². The molecular formula is C23H33F6N7O2S2. The van der Waals surface area contributed by atoms with Crippen molar-refractivity contribution in [3.63, 3.8) is 0 Å². The monoisotopic (exact) mass is 617 g/mol. The second-order valence-corrected chi connectivity index (χ2v) is 11.4. The number of aromatic nitrogens is 2. The number of aliphatic hydroxyl groups is 1. The molecule has 2 aliphatic heterocycles. The van der Waals surface area contributed by atoms with Gasteiger partial charge in [-0.1, -0.05) is 20.3 Å². The molecule has 4 heterocycles. The fraction of sp³-hybridized carbons (Fsp3) is 0.609. The lowest BCUT2D eigenvalue weighted by Crippen LogP contribution is -2.54. The van der Waals surface area contributed by atoms with Crippen LogP contribution < -0.4 is 16.0 Å². The summed E-state index contributed by atoms with van der Waals surface area (Å²) in [5.41, 5.74) is -0.831. The van der Waals surface area contributed by atoms with Gasteiger partial charge in [0.1, 0.15) is 0 Å². The zero-order valence-corrected chi connectivity index (χ0v) is 23.9. The van der Waals surface area contributed by atoms with E-state index in [4.69, 9.17) is 5.73 Å². The number of nitrogens with zero attached hydrogens (tertiary/aromatic N) is 5. The number of likely N-dealkylation sites (N-methyl/N-ethyl adjacent to an activating group) is 1. The zero-order valence-electron chi connectivity index (χ0n) is 22.2. The second kappa shape index (κ2) is 14.5. The first-order valence-electron chi connectivity index (χ1n) is 12.3. The van der Waals surface area contributed by atoms with E-state index in [0.717, 1.165) is 17.3 Å². The molecule has 2 aromatic heterocycles. The maximum atomic E-state index is 12.9. The number of amides is 1. The molecule has 4 rings (SSSR count).